The molecule has 0 radical (unpaired) electrons. The highest BCUT2D eigenvalue weighted by atomic mass is 16.5. The van der Waals surface area contributed by atoms with Crippen molar-refractivity contribution in [3.63, 3.8) is 0 Å². The van der Waals surface area contributed by atoms with E-state index in [1.54, 1.807) is 6.07 Å². The summed E-state index contributed by atoms with van der Waals surface area (Å²) in [7, 11) is 1.36. The van der Waals surface area contributed by atoms with Crippen molar-refractivity contribution in [3.8, 4) is 0 Å². The molecule has 0 bridgehead atoms. The third-order valence-corrected chi connectivity index (χ3v) is 3.13. The zero-order valence-corrected chi connectivity index (χ0v) is 12.2. The van der Waals surface area contributed by atoms with E-state index in [0.29, 0.717) is 18.2 Å². The molecule has 0 aliphatic rings. The number of nitrogens with zero attached hydrogens (tertiary/aromatic N) is 1. The molecular formula is C14H24N2O3. The minimum atomic E-state index is -0.369. The second-order valence-electron chi connectivity index (χ2n) is 4.56. The lowest BCUT2D eigenvalue weighted by atomic mass is 10.2. The lowest BCUT2D eigenvalue weighted by Gasteiger charge is -2.23. The monoisotopic (exact) mass is 268 g/mol. The topological polar surface area (TPSA) is 54.7 Å². The van der Waals surface area contributed by atoms with E-state index in [1.807, 2.05) is 0 Å². The van der Waals surface area contributed by atoms with Crippen molar-refractivity contribution in [2.75, 3.05) is 26.7 Å². The van der Waals surface area contributed by atoms with Crippen LogP contribution < -0.4 is 5.32 Å². The molecule has 0 saturated carbocycles. The number of hydrogen-bond donors (Lipinski definition) is 1. The minimum Gasteiger partial charge on any atom is -0.467 e. The van der Waals surface area contributed by atoms with Gasteiger partial charge < -0.3 is 19.4 Å². The van der Waals surface area contributed by atoms with Crippen LogP contribution in [0.25, 0.3) is 0 Å². The summed E-state index contributed by atoms with van der Waals surface area (Å²) in [6, 6.07) is 2.08. The first-order valence-electron chi connectivity index (χ1n) is 6.72. The van der Waals surface area contributed by atoms with Crippen LogP contribution in [0.3, 0.4) is 0 Å². The number of hydrogen-bond acceptors (Lipinski definition) is 5. The Hall–Kier alpha value is -1.33. The molecule has 0 saturated heterocycles. The number of ether oxygens (including phenoxy) is 1. The van der Waals surface area contributed by atoms with Gasteiger partial charge in [-0.15, -0.1) is 0 Å². The highest BCUT2D eigenvalue weighted by molar-refractivity contribution is 5.88. The van der Waals surface area contributed by atoms with Crippen LogP contribution in [0.15, 0.2) is 16.7 Å². The van der Waals surface area contributed by atoms with Crippen molar-refractivity contribution >= 4 is 5.97 Å². The van der Waals surface area contributed by atoms with Gasteiger partial charge in [0.05, 0.1) is 19.2 Å². The van der Waals surface area contributed by atoms with Crippen LogP contribution in [0.2, 0.25) is 0 Å². The van der Waals surface area contributed by atoms with Gasteiger partial charge in [0, 0.05) is 12.6 Å². The van der Waals surface area contributed by atoms with Gasteiger partial charge in [-0.2, -0.15) is 0 Å². The molecule has 0 fully saturated rings. The number of carbonyl (C=O) groups is 1. The quantitative estimate of drug-likeness (QED) is 0.730. The lowest BCUT2D eigenvalue weighted by Crippen LogP contribution is -2.38. The van der Waals surface area contributed by atoms with Gasteiger partial charge in [-0.3, -0.25) is 0 Å². The van der Waals surface area contributed by atoms with E-state index in [4.69, 9.17) is 4.42 Å². The summed E-state index contributed by atoms with van der Waals surface area (Å²) in [6.45, 7) is 10.2. The predicted octanol–water partition coefficient (Wildman–Crippen LogP) is 1.89. The third-order valence-electron chi connectivity index (χ3n) is 3.13. The maximum absolute atomic E-state index is 11.3. The maximum Gasteiger partial charge on any atom is 0.341 e. The molecule has 5 nitrogen and oxygen atoms in total. The fourth-order valence-electron chi connectivity index (χ4n) is 1.91. The van der Waals surface area contributed by atoms with Gasteiger partial charge >= 0.3 is 5.97 Å². The van der Waals surface area contributed by atoms with Gasteiger partial charge in [0.25, 0.3) is 0 Å². The number of likely N-dealkylation sites (N-methyl/N-ethyl adjacent to an activating group) is 1. The Morgan fingerprint density at radius 1 is 1.47 bits per heavy atom. The second-order valence-corrected chi connectivity index (χ2v) is 4.56. The summed E-state index contributed by atoms with van der Waals surface area (Å²) >= 11 is 0. The van der Waals surface area contributed by atoms with Crippen LogP contribution in [0.5, 0.6) is 0 Å². The summed E-state index contributed by atoms with van der Waals surface area (Å²) in [6.07, 6.45) is 1.43. The van der Waals surface area contributed by atoms with E-state index in [0.717, 1.165) is 25.4 Å². The van der Waals surface area contributed by atoms with Crippen molar-refractivity contribution < 1.29 is 13.9 Å². The summed E-state index contributed by atoms with van der Waals surface area (Å²) in [5, 5.41) is 3.38. The average Bonchev–Trinajstić information content (AvgIpc) is 2.90. The van der Waals surface area contributed by atoms with E-state index < -0.39 is 0 Å². The van der Waals surface area contributed by atoms with Gasteiger partial charge in [-0.1, -0.05) is 13.8 Å². The number of esters is 1. The predicted molar refractivity (Wildman–Crippen MR) is 74.1 cm³/mol. The molecule has 1 heterocycles. The summed E-state index contributed by atoms with van der Waals surface area (Å²) in [5.74, 6) is 0.373. The SMILES string of the molecule is CCN(CC)CC(C)NCc1cc(C(=O)OC)co1. The van der Waals surface area contributed by atoms with Crippen molar-refractivity contribution in [2.45, 2.75) is 33.4 Å². The van der Waals surface area contributed by atoms with E-state index in [-0.39, 0.29) is 5.97 Å². The number of nitrogens with one attached hydrogen (secondary N) is 1. The molecule has 1 aromatic rings. The molecule has 1 aromatic heterocycles. The van der Waals surface area contributed by atoms with Crippen molar-refractivity contribution in [2.24, 2.45) is 0 Å². The number of methoxy groups -OCH3 is 1. The average molecular weight is 268 g/mol. The summed E-state index contributed by atoms with van der Waals surface area (Å²) in [4.78, 5) is 13.6. The zero-order valence-electron chi connectivity index (χ0n) is 12.2. The Morgan fingerprint density at radius 2 is 2.16 bits per heavy atom. The molecule has 0 aliphatic heterocycles. The molecule has 0 aromatic carbocycles. The first-order valence-corrected chi connectivity index (χ1v) is 6.72. The van der Waals surface area contributed by atoms with Crippen molar-refractivity contribution in [1.29, 1.82) is 0 Å². The van der Waals surface area contributed by atoms with Gasteiger partial charge in [0.1, 0.15) is 12.0 Å². The fraction of sp³-hybridized carbons (Fsp3) is 0.643. The molecule has 1 unspecified atom stereocenters. The smallest absolute Gasteiger partial charge is 0.341 e. The Bertz CT molecular complexity index is 386. The Labute approximate surface area is 114 Å². The van der Waals surface area contributed by atoms with Gasteiger partial charge in [0.2, 0.25) is 0 Å². The molecular weight excluding hydrogens is 244 g/mol. The van der Waals surface area contributed by atoms with Crippen molar-refractivity contribution in [3.05, 3.63) is 23.7 Å². The highest BCUT2D eigenvalue weighted by Crippen LogP contribution is 2.09. The zero-order chi connectivity index (χ0) is 14.3. The van der Waals surface area contributed by atoms with Crippen LogP contribution in [0, 0.1) is 0 Å². The largest absolute Gasteiger partial charge is 0.467 e. The van der Waals surface area contributed by atoms with Crippen LogP contribution in [0.4, 0.5) is 0 Å². The molecule has 19 heavy (non-hydrogen) atoms. The van der Waals surface area contributed by atoms with Crippen molar-refractivity contribution in [1.82, 2.24) is 10.2 Å². The third kappa shape index (κ3) is 5.04. The molecule has 108 valence electrons. The molecule has 5 heteroatoms. The number of rotatable bonds is 8. The van der Waals surface area contributed by atoms with Gasteiger partial charge in [0.15, 0.2) is 0 Å². The lowest BCUT2D eigenvalue weighted by molar-refractivity contribution is 0.0600. The first kappa shape index (κ1) is 15.7. The Balaban J connectivity index is 2.39. The minimum absolute atomic E-state index is 0.367. The van der Waals surface area contributed by atoms with E-state index in [2.05, 4.69) is 35.7 Å². The van der Waals surface area contributed by atoms with Crippen LogP contribution >= 0.6 is 0 Å². The normalized spacial score (nSPS) is 12.7. The standard InChI is InChI=1S/C14H24N2O3/c1-5-16(6-2)9-11(3)15-8-13-7-12(10-19-13)14(17)18-4/h7,10-11,15H,5-6,8-9H2,1-4H3. The molecule has 1 atom stereocenters. The molecule has 1 N–H and O–H groups in total. The summed E-state index contributed by atoms with van der Waals surface area (Å²) in [5.41, 5.74) is 0.454. The van der Waals surface area contributed by atoms with Crippen LogP contribution in [-0.2, 0) is 11.3 Å². The van der Waals surface area contributed by atoms with Crippen LogP contribution in [-0.4, -0.2) is 43.7 Å². The molecule has 0 amide bonds. The summed E-state index contributed by atoms with van der Waals surface area (Å²) < 4.78 is 9.95. The van der Waals surface area contributed by atoms with Gasteiger partial charge in [-0.25, -0.2) is 4.79 Å². The number of furan rings is 1. The van der Waals surface area contributed by atoms with Gasteiger partial charge in [-0.05, 0) is 26.1 Å². The number of carbonyl (C=O) groups excluding carboxylic acids is 1. The van der Waals surface area contributed by atoms with Crippen LogP contribution in [0.1, 0.15) is 36.9 Å². The van der Waals surface area contributed by atoms with E-state index >= 15 is 0 Å². The Morgan fingerprint density at radius 3 is 2.74 bits per heavy atom. The molecule has 1 rings (SSSR count). The maximum atomic E-state index is 11.3. The fourth-order valence-corrected chi connectivity index (χ4v) is 1.91. The molecule has 0 aliphatic carbocycles. The van der Waals surface area contributed by atoms with E-state index in [9.17, 15) is 4.79 Å². The Kier molecular flexibility index (Phi) is 6.59. The second kappa shape index (κ2) is 7.96. The highest BCUT2D eigenvalue weighted by Gasteiger charge is 2.11. The molecule has 0 spiro atoms. The van der Waals surface area contributed by atoms with E-state index in [1.165, 1.54) is 13.4 Å². The first-order chi connectivity index (χ1) is 9.10.